The van der Waals surface area contributed by atoms with Gasteiger partial charge in [-0.1, -0.05) is 23.7 Å². The van der Waals surface area contributed by atoms with Crippen LogP contribution in [0.2, 0.25) is 5.02 Å². The van der Waals surface area contributed by atoms with Crippen LogP contribution in [-0.4, -0.2) is 51.2 Å². The minimum Gasteiger partial charge on any atom is -0.479 e. The number of carbonyl (C=O) groups is 2. The first-order chi connectivity index (χ1) is 12.2. The number of para-hydroxylation sites is 1. The van der Waals surface area contributed by atoms with Gasteiger partial charge in [-0.2, -0.15) is 9.78 Å². The van der Waals surface area contributed by atoms with Gasteiger partial charge >= 0.3 is 11.9 Å². The molecule has 0 aliphatic carbocycles. The number of rotatable bonds is 6. The molecule has 0 saturated carbocycles. The van der Waals surface area contributed by atoms with Crippen LogP contribution in [0.25, 0.3) is 5.69 Å². The quantitative estimate of drug-likeness (QED) is 0.629. The van der Waals surface area contributed by atoms with Crippen molar-refractivity contribution in [3.8, 4) is 5.69 Å². The number of hydrogen-bond acceptors (Lipinski definition) is 7. The molecule has 1 aromatic carbocycles. The lowest BCUT2D eigenvalue weighted by atomic mass is 10.1. The maximum Gasteiger partial charge on any atom is 0.340 e. The van der Waals surface area contributed by atoms with Crippen LogP contribution >= 0.6 is 11.6 Å². The molecule has 0 aliphatic rings. The van der Waals surface area contributed by atoms with Crippen LogP contribution in [-0.2, 0) is 9.53 Å². The van der Waals surface area contributed by atoms with E-state index >= 15 is 0 Å². The molecule has 2 aromatic rings. The number of nitrogens with one attached hydrogen (secondary N) is 1. The van der Waals surface area contributed by atoms with Crippen LogP contribution in [0.15, 0.2) is 35.3 Å². The molecule has 0 saturated heterocycles. The summed E-state index contributed by atoms with van der Waals surface area (Å²) in [6, 6.07) is 6.19. The van der Waals surface area contributed by atoms with Crippen molar-refractivity contribution in [3.05, 3.63) is 51.4 Å². The molecule has 9 nitrogen and oxygen atoms in total. The average Bonchev–Trinajstić information content (AvgIpc) is 2.62. The SMILES string of the molecule is COC(=O)c1ccccc1-n1ncc(NCC(C)(O)C(=O)O)c(Cl)c1=O. The van der Waals surface area contributed by atoms with Crippen LogP contribution in [0.1, 0.15) is 17.3 Å². The first kappa shape index (κ1) is 19.4. The molecule has 10 heteroatoms. The van der Waals surface area contributed by atoms with Gasteiger partial charge in [-0.25, -0.2) is 9.59 Å². The number of esters is 1. The number of benzene rings is 1. The second-order valence-electron chi connectivity index (χ2n) is 5.53. The third kappa shape index (κ3) is 3.84. The standard InChI is InChI=1S/C16H16ClN3O6/c1-16(25,15(23)24)8-18-10-7-19-20(13(21)12(10)17)11-6-4-3-5-9(11)14(22)26-2/h3-7,18,25H,8H2,1-2H3,(H,23,24). The summed E-state index contributed by atoms with van der Waals surface area (Å²) in [6.07, 6.45) is 1.19. The van der Waals surface area contributed by atoms with Crippen LogP contribution in [0.3, 0.4) is 0 Å². The van der Waals surface area contributed by atoms with E-state index in [1.807, 2.05) is 0 Å². The lowest BCUT2D eigenvalue weighted by Crippen LogP contribution is -2.42. The minimum atomic E-state index is -2.06. The van der Waals surface area contributed by atoms with Gasteiger partial charge < -0.3 is 20.3 Å². The zero-order chi connectivity index (χ0) is 19.5. The summed E-state index contributed by atoms with van der Waals surface area (Å²) in [7, 11) is 1.21. The first-order valence-electron chi connectivity index (χ1n) is 7.34. The van der Waals surface area contributed by atoms with E-state index in [4.69, 9.17) is 16.7 Å². The number of carbonyl (C=O) groups excluding carboxylic acids is 1. The van der Waals surface area contributed by atoms with E-state index in [0.717, 1.165) is 11.6 Å². The summed E-state index contributed by atoms with van der Waals surface area (Å²) in [5, 5.41) is 24.9. The minimum absolute atomic E-state index is 0.0463. The zero-order valence-corrected chi connectivity index (χ0v) is 14.6. The lowest BCUT2D eigenvalue weighted by molar-refractivity contribution is -0.155. The highest BCUT2D eigenvalue weighted by Crippen LogP contribution is 2.19. The number of aromatic nitrogens is 2. The number of aliphatic carboxylic acids is 1. The molecule has 26 heavy (non-hydrogen) atoms. The molecule has 0 amide bonds. The summed E-state index contributed by atoms with van der Waals surface area (Å²) >= 11 is 6.04. The highest BCUT2D eigenvalue weighted by atomic mass is 35.5. The number of carboxylic acid groups (broad SMARTS) is 1. The Hall–Kier alpha value is -2.91. The van der Waals surface area contributed by atoms with Gasteiger partial charge in [0.25, 0.3) is 5.56 Å². The first-order valence-corrected chi connectivity index (χ1v) is 7.72. The molecule has 1 atom stereocenters. The number of methoxy groups -OCH3 is 1. The smallest absolute Gasteiger partial charge is 0.340 e. The molecule has 138 valence electrons. The number of ether oxygens (including phenoxy) is 1. The third-order valence-corrected chi connectivity index (χ3v) is 3.91. The Bertz CT molecular complexity index is 909. The molecular formula is C16H16ClN3O6. The maximum absolute atomic E-state index is 12.5. The number of aliphatic hydroxyl groups is 1. The molecular weight excluding hydrogens is 366 g/mol. The topological polar surface area (TPSA) is 131 Å². The Morgan fingerprint density at radius 2 is 2.04 bits per heavy atom. The molecule has 1 unspecified atom stereocenters. The van der Waals surface area contributed by atoms with Gasteiger partial charge in [-0.3, -0.25) is 4.79 Å². The summed E-state index contributed by atoms with van der Waals surface area (Å²) in [6.45, 7) is 0.698. The number of nitrogens with zero attached hydrogens (tertiary/aromatic N) is 2. The van der Waals surface area contributed by atoms with Crippen molar-refractivity contribution in [2.24, 2.45) is 0 Å². The van der Waals surface area contributed by atoms with Gasteiger partial charge in [0.05, 0.1) is 36.8 Å². The summed E-state index contributed by atoms with van der Waals surface area (Å²) in [4.78, 5) is 35.3. The van der Waals surface area contributed by atoms with Crippen LogP contribution in [0.5, 0.6) is 0 Å². The maximum atomic E-state index is 12.5. The normalized spacial score (nSPS) is 12.9. The highest BCUT2D eigenvalue weighted by Gasteiger charge is 2.30. The van der Waals surface area contributed by atoms with E-state index in [1.165, 1.54) is 25.4 Å². The van der Waals surface area contributed by atoms with Crippen LogP contribution < -0.4 is 10.9 Å². The van der Waals surface area contributed by atoms with Crippen LogP contribution in [0, 0.1) is 0 Å². The molecule has 0 spiro atoms. The fourth-order valence-electron chi connectivity index (χ4n) is 2.01. The van der Waals surface area contributed by atoms with Gasteiger partial charge in [0.2, 0.25) is 0 Å². The van der Waals surface area contributed by atoms with Gasteiger partial charge in [0, 0.05) is 0 Å². The number of hydrogen-bond donors (Lipinski definition) is 3. The molecule has 0 bridgehead atoms. The molecule has 0 aliphatic heterocycles. The van der Waals surface area contributed by atoms with Crippen molar-refractivity contribution in [1.82, 2.24) is 9.78 Å². The van der Waals surface area contributed by atoms with Crippen molar-refractivity contribution < 1.29 is 24.5 Å². The Kier molecular flexibility index (Phi) is 5.63. The van der Waals surface area contributed by atoms with Crippen molar-refractivity contribution >= 4 is 29.2 Å². The van der Waals surface area contributed by atoms with E-state index in [-0.39, 0.29) is 22.0 Å². The van der Waals surface area contributed by atoms with Crippen molar-refractivity contribution in [2.45, 2.75) is 12.5 Å². The molecule has 0 radical (unpaired) electrons. The molecule has 1 aromatic heterocycles. The lowest BCUT2D eigenvalue weighted by Gasteiger charge is -2.19. The Balaban J connectivity index is 2.42. The number of anilines is 1. The molecule has 2 rings (SSSR count). The fourth-order valence-corrected chi connectivity index (χ4v) is 2.21. The van der Waals surface area contributed by atoms with Crippen LogP contribution in [0.4, 0.5) is 5.69 Å². The number of carboxylic acids is 1. The van der Waals surface area contributed by atoms with E-state index < -0.39 is 29.6 Å². The Morgan fingerprint density at radius 1 is 1.38 bits per heavy atom. The summed E-state index contributed by atoms with van der Waals surface area (Å²) < 4.78 is 5.61. The average molecular weight is 382 g/mol. The number of halogens is 1. The monoisotopic (exact) mass is 381 g/mol. The third-order valence-electron chi connectivity index (χ3n) is 3.54. The molecule has 3 N–H and O–H groups in total. The van der Waals surface area contributed by atoms with Gasteiger partial charge in [0.1, 0.15) is 5.02 Å². The predicted octanol–water partition coefficient (Wildman–Crippen LogP) is 0.920. The van der Waals surface area contributed by atoms with Gasteiger partial charge in [-0.15, -0.1) is 0 Å². The summed E-state index contributed by atoms with van der Waals surface area (Å²) in [5.41, 5.74) is -2.45. The van der Waals surface area contributed by atoms with E-state index in [9.17, 15) is 19.5 Å². The second-order valence-corrected chi connectivity index (χ2v) is 5.91. The highest BCUT2D eigenvalue weighted by molar-refractivity contribution is 6.33. The fraction of sp³-hybridized carbons (Fsp3) is 0.250. The van der Waals surface area contributed by atoms with E-state index in [0.29, 0.717) is 0 Å². The van der Waals surface area contributed by atoms with Gasteiger partial charge in [0.15, 0.2) is 5.60 Å². The predicted molar refractivity (Wildman–Crippen MR) is 92.9 cm³/mol. The van der Waals surface area contributed by atoms with E-state index in [1.54, 1.807) is 12.1 Å². The zero-order valence-electron chi connectivity index (χ0n) is 13.9. The van der Waals surface area contributed by atoms with Crippen molar-refractivity contribution in [3.63, 3.8) is 0 Å². The second kappa shape index (κ2) is 7.54. The Morgan fingerprint density at radius 3 is 2.65 bits per heavy atom. The van der Waals surface area contributed by atoms with Crippen molar-refractivity contribution in [1.29, 1.82) is 0 Å². The largest absolute Gasteiger partial charge is 0.479 e. The van der Waals surface area contributed by atoms with Crippen molar-refractivity contribution in [2.75, 3.05) is 19.0 Å². The molecule has 1 heterocycles. The summed E-state index contributed by atoms with van der Waals surface area (Å²) in [5.74, 6) is -2.08. The van der Waals surface area contributed by atoms with E-state index in [2.05, 4.69) is 15.2 Å². The van der Waals surface area contributed by atoms with Gasteiger partial charge in [-0.05, 0) is 19.1 Å². The Labute approximate surface area is 152 Å². The molecule has 0 fully saturated rings.